The fourth-order valence-electron chi connectivity index (χ4n) is 1.29. The summed E-state index contributed by atoms with van der Waals surface area (Å²) in [7, 11) is -3.99. The SMILES string of the molecule is O=C(NCCC[Si](O)(O)O)c1ccccc1S. The lowest BCUT2D eigenvalue weighted by Crippen LogP contribution is -2.35. The van der Waals surface area contributed by atoms with Crippen LogP contribution in [-0.4, -0.2) is 35.6 Å². The predicted molar refractivity (Wildman–Crippen MR) is 67.9 cm³/mol. The number of rotatable bonds is 5. The van der Waals surface area contributed by atoms with Gasteiger partial charge < -0.3 is 19.7 Å². The van der Waals surface area contributed by atoms with Crippen molar-refractivity contribution in [1.82, 2.24) is 5.32 Å². The monoisotopic (exact) mass is 273 g/mol. The molecule has 4 N–H and O–H groups in total. The number of nitrogens with one attached hydrogen (secondary N) is 1. The van der Waals surface area contributed by atoms with Gasteiger partial charge in [0, 0.05) is 17.5 Å². The molecule has 0 radical (unpaired) electrons. The first-order valence-corrected chi connectivity index (χ1v) is 7.63. The molecule has 0 aliphatic rings. The van der Waals surface area contributed by atoms with Gasteiger partial charge in [0.15, 0.2) is 0 Å². The van der Waals surface area contributed by atoms with E-state index in [0.717, 1.165) is 0 Å². The number of hydrogen-bond donors (Lipinski definition) is 5. The second-order valence-corrected chi connectivity index (χ2v) is 6.18. The van der Waals surface area contributed by atoms with Crippen LogP contribution in [0.15, 0.2) is 29.2 Å². The minimum atomic E-state index is -3.99. The molecule has 0 bridgehead atoms. The highest BCUT2D eigenvalue weighted by Gasteiger charge is 2.25. The number of hydrogen-bond acceptors (Lipinski definition) is 5. The highest BCUT2D eigenvalue weighted by atomic mass is 32.1. The summed E-state index contributed by atoms with van der Waals surface area (Å²) in [6.45, 7) is 0.275. The minimum Gasteiger partial charge on any atom is -0.390 e. The van der Waals surface area contributed by atoms with Crippen molar-refractivity contribution in [3.05, 3.63) is 29.8 Å². The van der Waals surface area contributed by atoms with Crippen molar-refractivity contribution in [1.29, 1.82) is 0 Å². The van der Waals surface area contributed by atoms with Crippen molar-refractivity contribution in [3.8, 4) is 0 Å². The van der Waals surface area contributed by atoms with Crippen LogP contribution in [0.25, 0.3) is 0 Å². The summed E-state index contributed by atoms with van der Waals surface area (Å²) in [4.78, 5) is 38.5. The number of carbonyl (C=O) groups excluding carboxylic acids is 1. The van der Waals surface area contributed by atoms with Crippen LogP contribution in [0.2, 0.25) is 6.04 Å². The Morgan fingerprint density at radius 3 is 2.53 bits per heavy atom. The van der Waals surface area contributed by atoms with Crippen LogP contribution in [0.5, 0.6) is 0 Å². The number of carbonyl (C=O) groups is 1. The topological polar surface area (TPSA) is 89.8 Å². The molecule has 5 nitrogen and oxygen atoms in total. The van der Waals surface area contributed by atoms with Gasteiger partial charge in [-0.25, -0.2) is 0 Å². The molecule has 0 spiro atoms. The molecule has 0 unspecified atom stereocenters. The molecule has 94 valence electrons. The van der Waals surface area contributed by atoms with Crippen molar-refractivity contribution >= 4 is 27.3 Å². The Bertz CT molecular complexity index is 394. The predicted octanol–water partition coefficient (Wildman–Crippen LogP) is 0.0110. The van der Waals surface area contributed by atoms with E-state index in [1.54, 1.807) is 24.3 Å². The largest absolute Gasteiger partial charge is 0.492 e. The quantitative estimate of drug-likeness (QED) is 0.297. The summed E-state index contributed by atoms with van der Waals surface area (Å²) in [5.41, 5.74) is 0.469. The van der Waals surface area contributed by atoms with E-state index >= 15 is 0 Å². The Morgan fingerprint density at radius 1 is 1.29 bits per heavy atom. The third kappa shape index (κ3) is 5.33. The van der Waals surface area contributed by atoms with Crippen LogP contribution in [0.4, 0.5) is 0 Å². The summed E-state index contributed by atoms with van der Waals surface area (Å²) in [5, 5.41) is 2.61. The molecule has 0 fully saturated rings. The van der Waals surface area contributed by atoms with Crippen LogP contribution in [0.3, 0.4) is 0 Å². The Labute approximate surface area is 106 Å². The highest BCUT2D eigenvalue weighted by molar-refractivity contribution is 7.80. The van der Waals surface area contributed by atoms with Gasteiger partial charge in [-0.05, 0) is 18.6 Å². The molecule has 17 heavy (non-hydrogen) atoms. The lowest BCUT2D eigenvalue weighted by Gasteiger charge is -2.10. The van der Waals surface area contributed by atoms with Gasteiger partial charge in [-0.15, -0.1) is 12.6 Å². The lowest BCUT2D eigenvalue weighted by molar-refractivity contribution is 0.0949. The van der Waals surface area contributed by atoms with Crippen molar-refractivity contribution in [3.63, 3.8) is 0 Å². The van der Waals surface area contributed by atoms with Crippen LogP contribution in [0.1, 0.15) is 16.8 Å². The molecular weight excluding hydrogens is 258 g/mol. The minimum absolute atomic E-state index is 0.0875. The van der Waals surface area contributed by atoms with Crippen molar-refractivity contribution in [2.24, 2.45) is 0 Å². The third-order valence-corrected chi connectivity index (χ3v) is 3.54. The van der Waals surface area contributed by atoms with Gasteiger partial charge in [0.1, 0.15) is 0 Å². The van der Waals surface area contributed by atoms with Gasteiger partial charge in [-0.2, -0.15) is 0 Å². The molecule has 0 atom stereocenters. The molecule has 7 heteroatoms. The van der Waals surface area contributed by atoms with E-state index in [2.05, 4.69) is 17.9 Å². The number of amides is 1. The van der Waals surface area contributed by atoms with Crippen molar-refractivity contribution < 1.29 is 19.2 Å². The zero-order valence-corrected chi connectivity index (χ0v) is 11.0. The fraction of sp³-hybridized carbons (Fsp3) is 0.300. The van der Waals surface area contributed by atoms with Gasteiger partial charge in [-0.3, -0.25) is 4.79 Å². The first-order valence-electron chi connectivity index (χ1n) is 5.13. The molecule has 0 aromatic heterocycles. The van der Waals surface area contributed by atoms with Gasteiger partial charge in [0.05, 0.1) is 5.56 Å². The van der Waals surface area contributed by atoms with E-state index in [9.17, 15) is 4.79 Å². The zero-order chi connectivity index (χ0) is 12.9. The molecule has 1 aromatic carbocycles. The van der Waals surface area contributed by atoms with Crippen LogP contribution in [0, 0.1) is 0 Å². The molecule has 1 amide bonds. The standard InChI is InChI=1S/C10H15NO4SSi/c12-10(8-4-1-2-5-9(8)16)11-6-3-7-17(13,14)15/h1-2,4-5,13-16H,3,6-7H2,(H,11,12). The summed E-state index contributed by atoms with van der Waals surface area (Å²) in [6.07, 6.45) is 0.316. The van der Waals surface area contributed by atoms with E-state index in [-0.39, 0.29) is 18.5 Å². The average molecular weight is 273 g/mol. The normalized spacial score (nSPS) is 11.3. The summed E-state index contributed by atoms with van der Waals surface area (Å²) < 4.78 is 0. The van der Waals surface area contributed by atoms with Gasteiger partial charge >= 0.3 is 8.80 Å². The average Bonchev–Trinajstić information content (AvgIpc) is 2.23. The maximum atomic E-state index is 11.7. The molecule has 0 aliphatic carbocycles. The maximum absolute atomic E-state index is 11.7. The smallest absolute Gasteiger partial charge is 0.390 e. The second-order valence-electron chi connectivity index (χ2n) is 3.65. The summed E-state index contributed by atoms with van der Waals surface area (Å²) in [5.74, 6) is -0.267. The van der Waals surface area contributed by atoms with Gasteiger partial charge in [0.25, 0.3) is 5.91 Å². The van der Waals surface area contributed by atoms with E-state index in [4.69, 9.17) is 14.4 Å². The Morgan fingerprint density at radius 2 is 1.94 bits per heavy atom. The molecule has 1 rings (SSSR count). The van der Waals surface area contributed by atoms with Crippen LogP contribution >= 0.6 is 12.6 Å². The Balaban J connectivity index is 2.39. The van der Waals surface area contributed by atoms with E-state index < -0.39 is 8.80 Å². The number of benzene rings is 1. The maximum Gasteiger partial charge on any atom is 0.492 e. The molecule has 0 saturated heterocycles. The highest BCUT2D eigenvalue weighted by Crippen LogP contribution is 2.12. The fourth-order valence-corrected chi connectivity index (χ4v) is 2.20. The molecular formula is C10H15NO4SSi. The van der Waals surface area contributed by atoms with Crippen molar-refractivity contribution in [2.45, 2.75) is 17.4 Å². The Kier molecular flexibility index (Phi) is 5.16. The summed E-state index contributed by atoms with van der Waals surface area (Å²) >= 11 is 4.15. The van der Waals surface area contributed by atoms with Gasteiger partial charge in [0.2, 0.25) is 0 Å². The van der Waals surface area contributed by atoms with Crippen LogP contribution < -0.4 is 5.32 Å². The zero-order valence-electron chi connectivity index (χ0n) is 9.13. The molecule has 1 aromatic rings. The molecule has 0 heterocycles. The van der Waals surface area contributed by atoms with E-state index in [0.29, 0.717) is 16.9 Å². The van der Waals surface area contributed by atoms with Crippen molar-refractivity contribution in [2.75, 3.05) is 6.54 Å². The molecule has 0 saturated carbocycles. The van der Waals surface area contributed by atoms with Gasteiger partial charge in [-0.1, -0.05) is 12.1 Å². The third-order valence-electron chi connectivity index (χ3n) is 2.12. The van der Waals surface area contributed by atoms with E-state index in [1.165, 1.54) is 0 Å². The first-order chi connectivity index (χ1) is 7.90. The van der Waals surface area contributed by atoms with Crippen LogP contribution in [-0.2, 0) is 0 Å². The second kappa shape index (κ2) is 6.17. The molecule has 0 aliphatic heterocycles. The Hall–Kier alpha value is -0.863. The lowest BCUT2D eigenvalue weighted by atomic mass is 10.2. The first kappa shape index (κ1) is 14.2. The van der Waals surface area contributed by atoms with E-state index in [1.807, 2.05) is 0 Å². The number of thiol groups is 1. The summed E-state index contributed by atoms with van der Waals surface area (Å²) in [6, 6.07) is 6.80.